The summed E-state index contributed by atoms with van der Waals surface area (Å²) in [5.74, 6) is -1.01. The van der Waals surface area contributed by atoms with E-state index in [-0.39, 0.29) is 11.7 Å². The number of fused-ring (bicyclic) bond motifs is 1. The van der Waals surface area contributed by atoms with Crippen LogP contribution in [-0.2, 0) is 11.8 Å². The number of carbonyl (C=O) groups is 2. The van der Waals surface area contributed by atoms with Gasteiger partial charge in [-0.15, -0.1) is 0 Å². The SMILES string of the molecule is CC(C)c1onc(-c2c(Cl)cccc2Cl)c1C(=O)c1cn(C)c2c(/C=C/C(=O)O)cccc12. The lowest BCUT2D eigenvalue weighted by Crippen LogP contribution is -2.06. The number of halogens is 2. The first kappa shape index (κ1) is 22.8. The summed E-state index contributed by atoms with van der Waals surface area (Å²) in [6.07, 6.45) is 4.30. The van der Waals surface area contributed by atoms with Gasteiger partial charge in [-0.3, -0.25) is 4.79 Å². The van der Waals surface area contributed by atoms with E-state index in [1.54, 1.807) is 48.1 Å². The number of nitrogens with zero attached hydrogens (tertiary/aromatic N) is 2. The van der Waals surface area contributed by atoms with E-state index in [9.17, 15) is 9.59 Å². The number of aliphatic carboxylic acids is 1. The van der Waals surface area contributed by atoms with Crippen molar-refractivity contribution in [1.29, 1.82) is 0 Å². The van der Waals surface area contributed by atoms with Crippen molar-refractivity contribution in [3.63, 3.8) is 0 Å². The van der Waals surface area contributed by atoms with E-state index < -0.39 is 5.97 Å². The summed E-state index contributed by atoms with van der Waals surface area (Å²) >= 11 is 12.8. The van der Waals surface area contributed by atoms with Crippen molar-refractivity contribution in [2.24, 2.45) is 7.05 Å². The number of carboxylic acids is 1. The lowest BCUT2D eigenvalue weighted by atomic mass is 9.94. The molecule has 8 heteroatoms. The Kier molecular flexibility index (Phi) is 6.15. The molecule has 0 fully saturated rings. The molecule has 0 amide bonds. The van der Waals surface area contributed by atoms with Crippen LogP contribution in [0.3, 0.4) is 0 Å². The van der Waals surface area contributed by atoms with Crippen molar-refractivity contribution >= 4 is 51.9 Å². The van der Waals surface area contributed by atoms with Crippen molar-refractivity contribution < 1.29 is 19.2 Å². The van der Waals surface area contributed by atoms with Gasteiger partial charge in [0.25, 0.3) is 0 Å². The normalized spacial score (nSPS) is 11.7. The van der Waals surface area contributed by atoms with Crippen molar-refractivity contribution in [3.05, 3.63) is 81.2 Å². The molecule has 2 heterocycles. The molecule has 2 aromatic heterocycles. The van der Waals surface area contributed by atoms with Gasteiger partial charge < -0.3 is 14.2 Å². The van der Waals surface area contributed by atoms with Crippen molar-refractivity contribution in [3.8, 4) is 11.3 Å². The van der Waals surface area contributed by atoms with Crippen LogP contribution in [0, 0.1) is 0 Å². The molecule has 0 spiro atoms. The maximum atomic E-state index is 13.9. The van der Waals surface area contributed by atoms with E-state index in [1.807, 2.05) is 19.9 Å². The summed E-state index contributed by atoms with van der Waals surface area (Å²) in [6, 6.07) is 10.5. The van der Waals surface area contributed by atoms with Crippen LogP contribution in [-0.4, -0.2) is 26.6 Å². The van der Waals surface area contributed by atoms with Crippen molar-refractivity contribution in [1.82, 2.24) is 9.72 Å². The molecule has 0 aliphatic carbocycles. The van der Waals surface area contributed by atoms with E-state index in [0.29, 0.717) is 49.1 Å². The van der Waals surface area contributed by atoms with Gasteiger partial charge in [-0.1, -0.05) is 66.5 Å². The number of hydrogen-bond acceptors (Lipinski definition) is 4. The number of carbonyl (C=O) groups excluding carboxylic acids is 1. The fraction of sp³-hybridized carbons (Fsp3) is 0.160. The predicted molar refractivity (Wildman–Crippen MR) is 129 cm³/mol. The molecule has 0 radical (unpaired) electrons. The molecule has 0 unspecified atom stereocenters. The third-order valence-electron chi connectivity index (χ3n) is 5.35. The summed E-state index contributed by atoms with van der Waals surface area (Å²) in [4.78, 5) is 24.9. The highest BCUT2D eigenvalue weighted by Crippen LogP contribution is 2.40. The zero-order valence-corrected chi connectivity index (χ0v) is 19.6. The minimum atomic E-state index is -1.05. The van der Waals surface area contributed by atoms with Crippen LogP contribution in [0.15, 0.2) is 53.2 Å². The average molecular weight is 483 g/mol. The van der Waals surface area contributed by atoms with Gasteiger partial charge in [0.05, 0.1) is 21.1 Å². The molecule has 6 nitrogen and oxygen atoms in total. The fourth-order valence-electron chi connectivity index (χ4n) is 3.92. The molecule has 0 saturated carbocycles. The second-order valence-corrected chi connectivity index (χ2v) is 8.73. The standard InChI is InChI=1S/C25H20Cl2N2O4/c1-13(2)25-21(22(28-33-25)20-17(26)8-5-9-18(20)27)24(32)16-12-29(3)23-14(10-11-19(30)31)6-4-7-15(16)23/h4-13H,1-3H3,(H,30,31)/b11-10+. The number of aromatic nitrogens is 2. The highest BCUT2D eigenvalue weighted by Gasteiger charge is 2.30. The Morgan fingerprint density at radius 3 is 2.42 bits per heavy atom. The maximum Gasteiger partial charge on any atom is 0.328 e. The minimum Gasteiger partial charge on any atom is -0.478 e. The van der Waals surface area contributed by atoms with Gasteiger partial charge in [0.2, 0.25) is 5.78 Å². The Bertz CT molecular complexity index is 1410. The second-order valence-electron chi connectivity index (χ2n) is 7.92. The minimum absolute atomic E-state index is 0.115. The molecule has 33 heavy (non-hydrogen) atoms. The second kappa shape index (κ2) is 8.89. The van der Waals surface area contributed by atoms with Gasteiger partial charge in [-0.2, -0.15) is 0 Å². The van der Waals surface area contributed by atoms with Crippen LogP contribution in [0.5, 0.6) is 0 Å². The third kappa shape index (κ3) is 4.08. The Morgan fingerprint density at radius 1 is 1.12 bits per heavy atom. The molecular formula is C25H20Cl2N2O4. The third-order valence-corrected chi connectivity index (χ3v) is 5.98. The average Bonchev–Trinajstić information content (AvgIpc) is 3.34. The lowest BCUT2D eigenvalue weighted by molar-refractivity contribution is -0.131. The summed E-state index contributed by atoms with van der Waals surface area (Å²) < 4.78 is 7.40. The topological polar surface area (TPSA) is 85.3 Å². The number of rotatable bonds is 6. The molecule has 2 aromatic carbocycles. The van der Waals surface area contributed by atoms with E-state index in [4.69, 9.17) is 32.8 Å². The van der Waals surface area contributed by atoms with Crippen LogP contribution in [0.25, 0.3) is 28.2 Å². The molecule has 4 rings (SSSR count). The summed E-state index contributed by atoms with van der Waals surface area (Å²) in [7, 11) is 1.81. The van der Waals surface area contributed by atoms with Crippen molar-refractivity contribution in [2.45, 2.75) is 19.8 Å². The Balaban J connectivity index is 1.95. The van der Waals surface area contributed by atoms with Gasteiger partial charge in [-0.05, 0) is 23.8 Å². The van der Waals surface area contributed by atoms with Gasteiger partial charge in [0, 0.05) is 41.8 Å². The van der Waals surface area contributed by atoms with E-state index >= 15 is 0 Å². The van der Waals surface area contributed by atoms with Gasteiger partial charge in [0.1, 0.15) is 5.69 Å². The van der Waals surface area contributed by atoms with E-state index in [0.717, 1.165) is 11.6 Å². The quantitative estimate of drug-likeness (QED) is 0.247. The van der Waals surface area contributed by atoms with Crippen LogP contribution in [0.2, 0.25) is 10.0 Å². The molecule has 0 aliphatic rings. The Hall–Kier alpha value is -3.35. The van der Waals surface area contributed by atoms with E-state index in [1.165, 1.54) is 6.08 Å². The first-order chi connectivity index (χ1) is 15.7. The number of ketones is 1. The predicted octanol–water partition coefficient (Wildman–Crippen LogP) is 6.59. The zero-order chi connectivity index (χ0) is 23.9. The number of hydrogen-bond donors (Lipinski definition) is 1. The molecule has 4 aromatic rings. The Labute approximate surface area is 200 Å². The number of carboxylic acid groups (broad SMARTS) is 1. The first-order valence-corrected chi connectivity index (χ1v) is 10.9. The zero-order valence-electron chi connectivity index (χ0n) is 18.1. The largest absolute Gasteiger partial charge is 0.478 e. The summed E-state index contributed by atoms with van der Waals surface area (Å²) in [6.45, 7) is 3.82. The van der Waals surface area contributed by atoms with Crippen LogP contribution >= 0.6 is 23.2 Å². The number of aryl methyl sites for hydroxylation is 1. The van der Waals surface area contributed by atoms with Gasteiger partial charge in [0.15, 0.2) is 5.76 Å². The molecule has 168 valence electrons. The maximum absolute atomic E-state index is 13.9. The number of para-hydroxylation sites is 1. The smallest absolute Gasteiger partial charge is 0.328 e. The van der Waals surface area contributed by atoms with E-state index in [2.05, 4.69) is 5.16 Å². The molecule has 0 saturated heterocycles. The summed E-state index contributed by atoms with van der Waals surface area (Å²) in [5, 5.41) is 14.6. The highest BCUT2D eigenvalue weighted by molar-refractivity contribution is 6.39. The molecule has 0 bridgehead atoms. The molecule has 0 aliphatic heterocycles. The fourth-order valence-corrected chi connectivity index (χ4v) is 4.50. The number of benzene rings is 2. The van der Waals surface area contributed by atoms with Crippen LogP contribution in [0.1, 0.15) is 47.0 Å². The molecule has 0 atom stereocenters. The highest BCUT2D eigenvalue weighted by atomic mass is 35.5. The van der Waals surface area contributed by atoms with Crippen LogP contribution in [0.4, 0.5) is 0 Å². The summed E-state index contributed by atoms with van der Waals surface area (Å²) in [5.41, 5.74) is 2.88. The molecule has 1 N–H and O–H groups in total. The van der Waals surface area contributed by atoms with Gasteiger partial charge >= 0.3 is 5.97 Å². The Morgan fingerprint density at radius 2 is 1.79 bits per heavy atom. The molecular weight excluding hydrogens is 463 g/mol. The first-order valence-electron chi connectivity index (χ1n) is 10.2. The lowest BCUT2D eigenvalue weighted by Gasteiger charge is -2.08. The van der Waals surface area contributed by atoms with Crippen LogP contribution < -0.4 is 0 Å². The van der Waals surface area contributed by atoms with Crippen molar-refractivity contribution in [2.75, 3.05) is 0 Å². The monoisotopic (exact) mass is 482 g/mol. The van der Waals surface area contributed by atoms with Gasteiger partial charge in [-0.25, -0.2) is 4.79 Å².